The van der Waals surface area contributed by atoms with Crippen LogP contribution in [0.1, 0.15) is 5.56 Å². The molecule has 1 aromatic rings. The predicted molar refractivity (Wildman–Crippen MR) is 52.7 cm³/mol. The molecule has 72 valence electrons. The van der Waals surface area contributed by atoms with Crippen molar-refractivity contribution in [3.8, 4) is 0 Å². The van der Waals surface area contributed by atoms with Gasteiger partial charge in [0.2, 0.25) is 5.91 Å². The van der Waals surface area contributed by atoms with Gasteiger partial charge in [-0.05, 0) is 6.07 Å². The summed E-state index contributed by atoms with van der Waals surface area (Å²) in [5.41, 5.74) is 5.82. The van der Waals surface area contributed by atoms with Gasteiger partial charge >= 0.3 is 0 Å². The smallest absolute Gasteiger partial charge is 0.231 e. The zero-order valence-corrected chi connectivity index (χ0v) is 7.59. The van der Waals surface area contributed by atoms with Gasteiger partial charge in [0.25, 0.3) is 0 Å². The monoisotopic (exact) mass is 192 g/mol. The van der Waals surface area contributed by atoms with E-state index in [4.69, 9.17) is 13.6 Å². The third kappa shape index (κ3) is 3.18. The van der Waals surface area contributed by atoms with Crippen LogP contribution in [-0.4, -0.2) is 20.3 Å². The van der Waals surface area contributed by atoms with Crippen LogP contribution in [0.3, 0.4) is 0 Å². The van der Waals surface area contributed by atoms with Crippen LogP contribution in [0.25, 0.3) is 0 Å². The number of carbonyl (C=O) groups is 1. The average molecular weight is 192 g/mol. The SMILES string of the molecule is [B]c1ccc(F)c(CNCC(N)=O)c1. The van der Waals surface area contributed by atoms with Crippen molar-refractivity contribution in [2.24, 2.45) is 5.73 Å². The minimum absolute atomic E-state index is 0.0221. The van der Waals surface area contributed by atoms with E-state index in [1.807, 2.05) is 0 Å². The molecule has 5 heteroatoms. The Balaban J connectivity index is 2.57. The number of halogens is 1. The van der Waals surface area contributed by atoms with Crippen LogP contribution in [0.4, 0.5) is 4.39 Å². The fourth-order valence-electron chi connectivity index (χ4n) is 1.05. The molecule has 1 rings (SSSR count). The third-order valence-electron chi connectivity index (χ3n) is 1.68. The molecule has 3 nitrogen and oxygen atoms in total. The second-order valence-corrected chi connectivity index (χ2v) is 2.92. The van der Waals surface area contributed by atoms with Gasteiger partial charge in [-0.2, -0.15) is 0 Å². The van der Waals surface area contributed by atoms with Crippen molar-refractivity contribution in [3.63, 3.8) is 0 Å². The topological polar surface area (TPSA) is 55.1 Å². The number of nitrogens with two attached hydrogens (primary N) is 1. The van der Waals surface area contributed by atoms with Crippen LogP contribution in [-0.2, 0) is 11.3 Å². The normalized spacial score (nSPS) is 10.1. The minimum atomic E-state index is -0.477. The molecule has 0 aliphatic rings. The molecule has 0 aromatic heterocycles. The van der Waals surface area contributed by atoms with Crippen LogP contribution >= 0.6 is 0 Å². The second kappa shape index (κ2) is 4.76. The molecular weight excluding hydrogens is 182 g/mol. The lowest BCUT2D eigenvalue weighted by atomic mass is 9.94. The molecule has 1 amide bonds. The zero-order chi connectivity index (χ0) is 10.6. The van der Waals surface area contributed by atoms with E-state index in [9.17, 15) is 9.18 Å². The molecule has 2 radical (unpaired) electrons. The molecule has 0 saturated carbocycles. The summed E-state index contributed by atoms with van der Waals surface area (Å²) in [6.07, 6.45) is 0. The first-order valence-electron chi connectivity index (χ1n) is 4.12. The first-order chi connectivity index (χ1) is 6.59. The summed E-state index contributed by atoms with van der Waals surface area (Å²) in [4.78, 5) is 10.4. The van der Waals surface area contributed by atoms with Crippen molar-refractivity contribution >= 4 is 19.2 Å². The lowest BCUT2D eigenvalue weighted by Gasteiger charge is -2.05. The van der Waals surface area contributed by atoms with Crippen molar-refractivity contribution in [2.75, 3.05) is 6.54 Å². The number of benzene rings is 1. The number of primary amides is 1. The Hall–Kier alpha value is -1.36. The first kappa shape index (κ1) is 10.7. The van der Waals surface area contributed by atoms with Gasteiger partial charge in [0.05, 0.1) is 6.54 Å². The maximum absolute atomic E-state index is 13.1. The summed E-state index contributed by atoms with van der Waals surface area (Å²) in [5, 5.41) is 2.70. The second-order valence-electron chi connectivity index (χ2n) is 2.92. The molecule has 0 spiro atoms. The van der Waals surface area contributed by atoms with E-state index in [0.717, 1.165) is 0 Å². The maximum atomic E-state index is 13.1. The highest BCUT2D eigenvalue weighted by molar-refractivity contribution is 6.32. The Kier molecular flexibility index (Phi) is 3.65. The predicted octanol–water partition coefficient (Wildman–Crippen LogP) is -0.806. The Labute approximate surface area is 82.9 Å². The molecule has 14 heavy (non-hydrogen) atoms. The van der Waals surface area contributed by atoms with Gasteiger partial charge in [-0.15, -0.1) is 0 Å². The van der Waals surface area contributed by atoms with Crippen molar-refractivity contribution in [1.82, 2.24) is 5.32 Å². The number of hydrogen-bond donors (Lipinski definition) is 2. The zero-order valence-electron chi connectivity index (χ0n) is 7.59. The molecule has 1 aromatic carbocycles. The van der Waals surface area contributed by atoms with E-state index in [1.54, 1.807) is 0 Å². The largest absolute Gasteiger partial charge is 0.369 e. The van der Waals surface area contributed by atoms with Gasteiger partial charge in [-0.1, -0.05) is 17.6 Å². The molecule has 0 saturated heterocycles. The molecule has 0 bridgehead atoms. The molecule has 0 unspecified atom stereocenters. The van der Waals surface area contributed by atoms with Gasteiger partial charge in [0.15, 0.2) is 0 Å². The maximum Gasteiger partial charge on any atom is 0.231 e. The Morgan fingerprint density at radius 3 is 2.93 bits per heavy atom. The van der Waals surface area contributed by atoms with Gasteiger partial charge in [-0.3, -0.25) is 4.79 Å². The first-order valence-corrected chi connectivity index (χ1v) is 4.12. The van der Waals surface area contributed by atoms with Crippen molar-refractivity contribution < 1.29 is 9.18 Å². The number of rotatable bonds is 4. The van der Waals surface area contributed by atoms with E-state index in [-0.39, 0.29) is 18.9 Å². The molecule has 0 atom stereocenters. The van der Waals surface area contributed by atoms with E-state index < -0.39 is 5.91 Å². The minimum Gasteiger partial charge on any atom is -0.369 e. The van der Waals surface area contributed by atoms with Crippen molar-refractivity contribution in [2.45, 2.75) is 6.54 Å². The number of carbonyl (C=O) groups excluding carboxylic acids is 1. The van der Waals surface area contributed by atoms with E-state index in [2.05, 4.69) is 5.32 Å². The molecular formula is C9H10BFN2O. The van der Waals surface area contributed by atoms with Gasteiger partial charge in [0.1, 0.15) is 13.7 Å². The standard InChI is InChI=1S/C9H10BFN2O/c10-7-1-2-8(11)6(3-7)4-13-5-9(12)14/h1-3,13H,4-5H2,(H2,12,14). The average Bonchev–Trinajstić information content (AvgIpc) is 2.10. The summed E-state index contributed by atoms with van der Waals surface area (Å²) in [6.45, 7) is 0.258. The van der Waals surface area contributed by atoms with Crippen LogP contribution in [0.5, 0.6) is 0 Å². The highest BCUT2D eigenvalue weighted by Gasteiger charge is 2.01. The van der Waals surface area contributed by atoms with Crippen molar-refractivity contribution in [1.29, 1.82) is 0 Å². The highest BCUT2D eigenvalue weighted by atomic mass is 19.1. The fourth-order valence-corrected chi connectivity index (χ4v) is 1.05. The van der Waals surface area contributed by atoms with Crippen LogP contribution in [0.15, 0.2) is 18.2 Å². The van der Waals surface area contributed by atoms with Crippen LogP contribution in [0, 0.1) is 5.82 Å². The number of amides is 1. The summed E-state index contributed by atoms with van der Waals surface area (Å²) in [6, 6.07) is 4.28. The van der Waals surface area contributed by atoms with Gasteiger partial charge in [0, 0.05) is 12.1 Å². The van der Waals surface area contributed by atoms with E-state index in [1.165, 1.54) is 18.2 Å². The quantitative estimate of drug-likeness (QED) is 0.613. The molecule has 0 heterocycles. The highest BCUT2D eigenvalue weighted by Crippen LogP contribution is 2.03. The summed E-state index contributed by atoms with van der Waals surface area (Å²) in [5.74, 6) is -0.828. The fraction of sp³-hybridized carbons (Fsp3) is 0.222. The molecule has 3 N–H and O–H groups in total. The molecule has 0 aliphatic heterocycles. The summed E-state index contributed by atoms with van der Waals surface area (Å²) in [7, 11) is 5.47. The summed E-state index contributed by atoms with van der Waals surface area (Å²) >= 11 is 0. The molecule has 0 aliphatic carbocycles. The van der Waals surface area contributed by atoms with Crippen molar-refractivity contribution in [3.05, 3.63) is 29.6 Å². The summed E-state index contributed by atoms with van der Waals surface area (Å²) < 4.78 is 13.1. The van der Waals surface area contributed by atoms with E-state index in [0.29, 0.717) is 11.0 Å². The Morgan fingerprint density at radius 2 is 2.29 bits per heavy atom. The molecule has 0 fully saturated rings. The van der Waals surface area contributed by atoms with E-state index >= 15 is 0 Å². The lowest BCUT2D eigenvalue weighted by Crippen LogP contribution is -2.28. The van der Waals surface area contributed by atoms with Gasteiger partial charge < -0.3 is 11.1 Å². The third-order valence-corrected chi connectivity index (χ3v) is 1.68. The van der Waals surface area contributed by atoms with Gasteiger partial charge in [-0.25, -0.2) is 4.39 Å². The van der Waals surface area contributed by atoms with Crippen LogP contribution < -0.4 is 16.5 Å². The Bertz CT molecular complexity index is 344. The lowest BCUT2D eigenvalue weighted by molar-refractivity contribution is -0.117. The number of nitrogens with one attached hydrogen (secondary N) is 1. The Morgan fingerprint density at radius 1 is 1.57 bits per heavy atom. The number of hydrogen-bond acceptors (Lipinski definition) is 2. The van der Waals surface area contributed by atoms with Crippen LogP contribution in [0.2, 0.25) is 0 Å².